The van der Waals surface area contributed by atoms with Crippen LogP contribution in [0, 0.1) is 18.3 Å². The van der Waals surface area contributed by atoms with Crippen LogP contribution in [0.3, 0.4) is 0 Å². The van der Waals surface area contributed by atoms with Crippen LogP contribution in [0.25, 0.3) is 22.1 Å². The van der Waals surface area contributed by atoms with Crippen molar-refractivity contribution in [3.8, 4) is 6.07 Å². The molecule has 1 aliphatic heterocycles. The van der Waals surface area contributed by atoms with E-state index in [9.17, 15) is 10.1 Å². The van der Waals surface area contributed by atoms with Crippen molar-refractivity contribution in [2.75, 3.05) is 24.3 Å². The number of nitrogens with two attached hydrogens (primary N) is 1. The van der Waals surface area contributed by atoms with Crippen LogP contribution in [0.5, 0.6) is 0 Å². The molecule has 1 saturated heterocycles. The van der Waals surface area contributed by atoms with Crippen LogP contribution in [0.1, 0.15) is 18.4 Å². The van der Waals surface area contributed by atoms with E-state index >= 15 is 0 Å². The fourth-order valence-electron chi connectivity index (χ4n) is 4.13. The number of nitrogen functional groups attached to an aromatic ring is 1. The molecule has 3 N–H and O–H groups in total. The van der Waals surface area contributed by atoms with Gasteiger partial charge in [0.05, 0.1) is 17.8 Å². The number of hydrogen-bond donors (Lipinski definition) is 2. The monoisotopic (exact) mass is 431 g/mol. The van der Waals surface area contributed by atoms with Crippen molar-refractivity contribution in [3.63, 3.8) is 0 Å². The van der Waals surface area contributed by atoms with Crippen LogP contribution >= 0.6 is 0 Å². The SMILES string of the molecule is Cc1cc2ncnc(N)c2cc1Nc1ncc2c(n1)n(C1(C#N)CCOCC1)c(=O)n2C. The average Bonchev–Trinajstić information content (AvgIpc) is 3.05. The normalized spacial score (nSPS) is 15.7. The molecule has 0 atom stereocenters. The summed E-state index contributed by atoms with van der Waals surface area (Å²) in [4.78, 5) is 30.4. The molecule has 162 valence electrons. The van der Waals surface area contributed by atoms with Crippen molar-refractivity contribution < 1.29 is 4.74 Å². The highest BCUT2D eigenvalue weighted by Crippen LogP contribution is 2.31. The number of fused-ring (bicyclic) bond motifs is 2. The van der Waals surface area contributed by atoms with E-state index in [1.807, 2.05) is 19.1 Å². The number of imidazole rings is 1. The van der Waals surface area contributed by atoms with Crippen molar-refractivity contribution in [1.29, 1.82) is 5.26 Å². The van der Waals surface area contributed by atoms with Gasteiger partial charge in [-0.1, -0.05) is 0 Å². The van der Waals surface area contributed by atoms with Gasteiger partial charge >= 0.3 is 5.69 Å². The second-order valence-corrected chi connectivity index (χ2v) is 7.90. The van der Waals surface area contributed by atoms with Crippen LogP contribution in [0.15, 0.2) is 29.5 Å². The van der Waals surface area contributed by atoms with E-state index in [2.05, 4.69) is 31.3 Å². The standard InChI is InChI=1S/C21H21N9O2/c1-12-7-15-13(17(23)26-11-25-15)8-14(12)27-19-24-9-16-18(28-19)30(20(31)29(16)2)21(10-22)3-5-32-6-4-21/h7-9,11H,3-6H2,1-2H3,(H2,23,25,26)(H,24,27,28). The summed E-state index contributed by atoms with van der Waals surface area (Å²) in [5.74, 6) is 0.677. The maximum Gasteiger partial charge on any atom is 0.331 e. The summed E-state index contributed by atoms with van der Waals surface area (Å²) in [5.41, 5.74) is 8.04. The quantitative estimate of drug-likeness (QED) is 0.494. The summed E-state index contributed by atoms with van der Waals surface area (Å²) in [6.07, 6.45) is 3.84. The number of nitrogens with one attached hydrogen (secondary N) is 1. The van der Waals surface area contributed by atoms with Gasteiger partial charge in [0.25, 0.3) is 0 Å². The van der Waals surface area contributed by atoms with Gasteiger partial charge in [0.2, 0.25) is 5.95 Å². The molecule has 1 aliphatic rings. The van der Waals surface area contributed by atoms with E-state index in [0.29, 0.717) is 54.4 Å². The van der Waals surface area contributed by atoms with Crippen LogP contribution in [-0.4, -0.2) is 42.3 Å². The highest BCUT2D eigenvalue weighted by Gasteiger charge is 2.38. The van der Waals surface area contributed by atoms with Crippen molar-refractivity contribution in [1.82, 2.24) is 29.1 Å². The van der Waals surface area contributed by atoms with Gasteiger partial charge in [0.1, 0.15) is 23.2 Å². The van der Waals surface area contributed by atoms with Gasteiger partial charge in [-0.2, -0.15) is 10.2 Å². The summed E-state index contributed by atoms with van der Waals surface area (Å²) >= 11 is 0. The van der Waals surface area contributed by atoms with Gasteiger partial charge in [-0.15, -0.1) is 0 Å². The Balaban J connectivity index is 1.64. The highest BCUT2D eigenvalue weighted by atomic mass is 16.5. The third-order valence-corrected chi connectivity index (χ3v) is 6.02. The van der Waals surface area contributed by atoms with Crippen molar-refractivity contribution in [2.24, 2.45) is 7.05 Å². The predicted octanol–water partition coefficient (Wildman–Crippen LogP) is 1.74. The molecule has 0 saturated carbocycles. The zero-order valence-corrected chi connectivity index (χ0v) is 17.7. The second-order valence-electron chi connectivity index (χ2n) is 7.90. The minimum atomic E-state index is -1.01. The third kappa shape index (κ3) is 2.96. The Bertz CT molecular complexity index is 1460. The summed E-state index contributed by atoms with van der Waals surface area (Å²) in [6.45, 7) is 2.75. The first-order chi connectivity index (χ1) is 15.4. The maximum atomic E-state index is 13.1. The van der Waals surface area contributed by atoms with Crippen LogP contribution in [0.4, 0.5) is 17.5 Å². The van der Waals surface area contributed by atoms with E-state index in [-0.39, 0.29) is 5.69 Å². The number of anilines is 3. The van der Waals surface area contributed by atoms with Crippen LogP contribution in [0.2, 0.25) is 0 Å². The predicted molar refractivity (Wildman–Crippen MR) is 118 cm³/mol. The van der Waals surface area contributed by atoms with E-state index in [0.717, 1.165) is 16.8 Å². The molecule has 5 rings (SSSR count). The maximum absolute atomic E-state index is 13.1. The Hall–Kier alpha value is -4.04. The number of aryl methyl sites for hydroxylation is 2. The molecule has 0 bridgehead atoms. The lowest BCUT2D eigenvalue weighted by molar-refractivity contribution is 0.0448. The number of aromatic nitrogens is 6. The molecule has 1 fully saturated rings. The third-order valence-electron chi connectivity index (χ3n) is 6.02. The van der Waals surface area contributed by atoms with Gasteiger partial charge < -0.3 is 15.8 Å². The van der Waals surface area contributed by atoms with Gasteiger partial charge in [0, 0.05) is 44.2 Å². The minimum Gasteiger partial charge on any atom is -0.383 e. The van der Waals surface area contributed by atoms with Gasteiger partial charge in [0.15, 0.2) is 5.65 Å². The number of benzene rings is 1. The first-order valence-electron chi connectivity index (χ1n) is 10.2. The molecule has 0 spiro atoms. The molecule has 11 nitrogen and oxygen atoms in total. The Morgan fingerprint density at radius 3 is 2.78 bits per heavy atom. The molecule has 32 heavy (non-hydrogen) atoms. The zero-order chi connectivity index (χ0) is 22.5. The average molecular weight is 431 g/mol. The molecule has 0 amide bonds. The van der Waals surface area contributed by atoms with Gasteiger partial charge in [-0.3, -0.25) is 9.13 Å². The first-order valence-corrected chi connectivity index (χ1v) is 10.2. The Morgan fingerprint density at radius 2 is 2.03 bits per heavy atom. The summed E-state index contributed by atoms with van der Waals surface area (Å²) in [7, 11) is 1.65. The number of nitrogens with zero attached hydrogens (tertiary/aromatic N) is 7. The van der Waals surface area contributed by atoms with Crippen molar-refractivity contribution in [2.45, 2.75) is 25.3 Å². The topological polar surface area (TPSA) is 150 Å². The Morgan fingerprint density at radius 1 is 1.25 bits per heavy atom. The Labute approximate surface area is 182 Å². The van der Waals surface area contributed by atoms with Crippen molar-refractivity contribution >= 4 is 39.5 Å². The second kappa shape index (κ2) is 7.28. The minimum absolute atomic E-state index is 0.301. The molecule has 0 radical (unpaired) electrons. The smallest absolute Gasteiger partial charge is 0.331 e. The fraction of sp³-hybridized carbons (Fsp3) is 0.333. The largest absolute Gasteiger partial charge is 0.383 e. The van der Waals surface area contributed by atoms with Gasteiger partial charge in [-0.25, -0.2) is 19.7 Å². The molecule has 3 aromatic heterocycles. The highest BCUT2D eigenvalue weighted by molar-refractivity contribution is 5.92. The molecule has 4 heterocycles. The summed E-state index contributed by atoms with van der Waals surface area (Å²) in [6, 6.07) is 6.10. The van der Waals surface area contributed by atoms with E-state index in [1.54, 1.807) is 13.2 Å². The summed E-state index contributed by atoms with van der Waals surface area (Å²) in [5, 5.41) is 13.9. The zero-order valence-electron chi connectivity index (χ0n) is 17.7. The first kappa shape index (κ1) is 19.9. The molecule has 11 heteroatoms. The lowest BCUT2D eigenvalue weighted by Gasteiger charge is -2.31. The number of ether oxygens (including phenoxy) is 1. The molecule has 4 aromatic rings. The number of nitriles is 1. The molecular formula is C21H21N9O2. The Kier molecular flexibility index (Phi) is 4.53. The fourth-order valence-corrected chi connectivity index (χ4v) is 4.13. The van der Waals surface area contributed by atoms with Gasteiger partial charge in [-0.05, 0) is 24.6 Å². The summed E-state index contributed by atoms with van der Waals surface area (Å²) < 4.78 is 8.38. The molecule has 1 aromatic carbocycles. The van der Waals surface area contributed by atoms with Crippen molar-refractivity contribution in [3.05, 3.63) is 40.7 Å². The lowest BCUT2D eigenvalue weighted by atomic mass is 9.91. The van der Waals surface area contributed by atoms with Crippen LogP contribution in [-0.2, 0) is 17.3 Å². The van der Waals surface area contributed by atoms with E-state index in [1.165, 1.54) is 15.5 Å². The molecular weight excluding hydrogens is 410 g/mol. The number of hydrogen-bond acceptors (Lipinski definition) is 9. The lowest BCUT2D eigenvalue weighted by Crippen LogP contribution is -2.44. The van der Waals surface area contributed by atoms with E-state index < -0.39 is 5.54 Å². The molecule has 0 aliphatic carbocycles. The molecule has 0 unspecified atom stereocenters. The number of rotatable bonds is 3. The van der Waals surface area contributed by atoms with E-state index in [4.69, 9.17) is 10.5 Å². The van der Waals surface area contributed by atoms with Crippen LogP contribution < -0.4 is 16.7 Å².